The van der Waals surface area contributed by atoms with Gasteiger partial charge in [0.15, 0.2) is 6.61 Å². The summed E-state index contributed by atoms with van der Waals surface area (Å²) in [5, 5.41) is 4.38. The number of urea groups is 1. The molecule has 0 aliphatic rings. The van der Waals surface area contributed by atoms with Crippen molar-refractivity contribution in [2.75, 3.05) is 13.7 Å². The first kappa shape index (κ1) is 13.5. The van der Waals surface area contributed by atoms with Crippen molar-refractivity contribution in [3.63, 3.8) is 0 Å². The van der Waals surface area contributed by atoms with Gasteiger partial charge in [-0.15, -0.1) is 0 Å². The second kappa shape index (κ2) is 6.24. The predicted molar refractivity (Wildman–Crippen MR) is 67.0 cm³/mol. The lowest BCUT2D eigenvalue weighted by atomic mass is 10.2. The smallest absolute Gasteiger partial charge is 0.321 e. The summed E-state index contributed by atoms with van der Waals surface area (Å²) in [6.07, 6.45) is 0. The number of carbonyl (C=O) groups is 2. The van der Waals surface area contributed by atoms with Crippen LogP contribution in [0.25, 0.3) is 0 Å². The number of nitrogens with one attached hydrogen (secondary N) is 2. The molecule has 1 aromatic rings. The van der Waals surface area contributed by atoms with Crippen LogP contribution in [0.4, 0.5) is 4.79 Å². The van der Waals surface area contributed by atoms with Crippen LogP contribution in [0.1, 0.15) is 5.56 Å². The number of amides is 3. The molecule has 0 aliphatic carbocycles. The fourth-order valence-electron chi connectivity index (χ4n) is 1.09. The molecule has 1 rings (SSSR count). The first-order valence-electron chi connectivity index (χ1n) is 4.93. The number of ether oxygens (including phenoxy) is 1. The minimum Gasteiger partial charge on any atom is -0.483 e. The highest BCUT2D eigenvalue weighted by molar-refractivity contribution is 9.10. The Morgan fingerprint density at radius 2 is 2.12 bits per heavy atom. The van der Waals surface area contributed by atoms with Crippen molar-refractivity contribution < 1.29 is 14.3 Å². The predicted octanol–water partition coefficient (Wildman–Crippen LogP) is 1.59. The molecule has 0 heterocycles. The molecule has 0 saturated heterocycles. The minimum atomic E-state index is -0.554. The van der Waals surface area contributed by atoms with Gasteiger partial charge in [0, 0.05) is 7.05 Å². The Labute approximate surface area is 108 Å². The van der Waals surface area contributed by atoms with Crippen molar-refractivity contribution in [3.05, 3.63) is 28.2 Å². The van der Waals surface area contributed by atoms with E-state index in [9.17, 15) is 9.59 Å². The van der Waals surface area contributed by atoms with E-state index in [1.165, 1.54) is 7.05 Å². The monoisotopic (exact) mass is 300 g/mol. The number of carbonyl (C=O) groups excluding carboxylic acids is 2. The van der Waals surface area contributed by atoms with Gasteiger partial charge in [0.25, 0.3) is 5.91 Å². The van der Waals surface area contributed by atoms with Crippen molar-refractivity contribution in [2.24, 2.45) is 0 Å². The number of rotatable bonds is 3. The molecule has 1 aromatic carbocycles. The van der Waals surface area contributed by atoms with Gasteiger partial charge in [-0.3, -0.25) is 10.1 Å². The summed E-state index contributed by atoms with van der Waals surface area (Å²) in [7, 11) is 1.43. The molecule has 0 spiro atoms. The summed E-state index contributed by atoms with van der Waals surface area (Å²) in [6.45, 7) is 1.74. The van der Waals surface area contributed by atoms with E-state index in [-0.39, 0.29) is 6.61 Å². The minimum absolute atomic E-state index is 0.213. The van der Waals surface area contributed by atoms with Crippen molar-refractivity contribution in [1.82, 2.24) is 10.6 Å². The SMILES string of the molecule is CNC(=O)NC(=O)COc1ccc(C)cc1Br. The van der Waals surface area contributed by atoms with E-state index < -0.39 is 11.9 Å². The van der Waals surface area contributed by atoms with Crippen LogP contribution < -0.4 is 15.4 Å². The summed E-state index contributed by atoms with van der Waals surface area (Å²) >= 11 is 3.33. The van der Waals surface area contributed by atoms with Gasteiger partial charge >= 0.3 is 6.03 Å². The zero-order valence-corrected chi connectivity index (χ0v) is 11.1. The molecule has 5 nitrogen and oxygen atoms in total. The number of hydrogen-bond donors (Lipinski definition) is 2. The lowest BCUT2D eigenvalue weighted by Crippen LogP contribution is -2.39. The Bertz CT molecular complexity index is 435. The summed E-state index contributed by atoms with van der Waals surface area (Å²) in [6, 6.07) is 4.96. The fraction of sp³-hybridized carbons (Fsp3) is 0.273. The van der Waals surface area contributed by atoms with Crippen LogP contribution in [0, 0.1) is 6.92 Å². The van der Waals surface area contributed by atoms with E-state index in [2.05, 4.69) is 26.6 Å². The van der Waals surface area contributed by atoms with Crippen LogP contribution in [0.15, 0.2) is 22.7 Å². The van der Waals surface area contributed by atoms with Crippen molar-refractivity contribution >= 4 is 27.9 Å². The molecule has 0 saturated carbocycles. The van der Waals surface area contributed by atoms with Crippen LogP contribution in [-0.4, -0.2) is 25.6 Å². The molecule has 2 N–H and O–H groups in total. The van der Waals surface area contributed by atoms with Gasteiger partial charge < -0.3 is 10.1 Å². The summed E-state index contributed by atoms with van der Waals surface area (Å²) in [4.78, 5) is 22.1. The van der Waals surface area contributed by atoms with Crippen LogP contribution in [0.3, 0.4) is 0 Å². The average molecular weight is 301 g/mol. The highest BCUT2D eigenvalue weighted by Crippen LogP contribution is 2.25. The highest BCUT2D eigenvalue weighted by atomic mass is 79.9. The van der Waals surface area contributed by atoms with E-state index in [4.69, 9.17) is 4.74 Å². The molecule has 0 bridgehead atoms. The number of hydrogen-bond acceptors (Lipinski definition) is 3. The van der Waals surface area contributed by atoms with Crippen LogP contribution >= 0.6 is 15.9 Å². The van der Waals surface area contributed by atoms with Crippen molar-refractivity contribution in [1.29, 1.82) is 0 Å². The van der Waals surface area contributed by atoms with Crippen molar-refractivity contribution in [2.45, 2.75) is 6.92 Å². The molecule has 0 radical (unpaired) electrons. The topological polar surface area (TPSA) is 67.4 Å². The molecule has 0 unspecified atom stereocenters. The molecule has 0 fully saturated rings. The molecule has 3 amide bonds. The molecule has 6 heteroatoms. The standard InChI is InChI=1S/C11H13BrN2O3/c1-7-3-4-9(8(12)5-7)17-6-10(15)14-11(16)13-2/h3-5H,6H2,1-2H3,(H2,13,14,15,16). The third-order valence-corrected chi connectivity index (χ3v) is 2.55. The molecular weight excluding hydrogens is 288 g/mol. The van der Waals surface area contributed by atoms with Crippen LogP contribution in [0.5, 0.6) is 5.75 Å². The highest BCUT2D eigenvalue weighted by Gasteiger charge is 2.08. The van der Waals surface area contributed by atoms with Gasteiger partial charge in [0.2, 0.25) is 0 Å². The quantitative estimate of drug-likeness (QED) is 0.891. The molecular formula is C11H13BrN2O3. The molecule has 0 aromatic heterocycles. The number of aryl methyl sites for hydroxylation is 1. The van der Waals surface area contributed by atoms with E-state index in [0.29, 0.717) is 5.75 Å². The first-order valence-corrected chi connectivity index (χ1v) is 5.72. The zero-order chi connectivity index (χ0) is 12.8. The van der Waals surface area contributed by atoms with E-state index in [1.54, 1.807) is 6.07 Å². The third-order valence-electron chi connectivity index (χ3n) is 1.93. The second-order valence-electron chi connectivity index (χ2n) is 3.35. The maximum atomic E-state index is 11.3. The lowest BCUT2D eigenvalue weighted by molar-refractivity contribution is -0.122. The van der Waals surface area contributed by atoms with Gasteiger partial charge in [-0.2, -0.15) is 0 Å². The number of imide groups is 1. The maximum Gasteiger partial charge on any atom is 0.321 e. The summed E-state index contributed by atoms with van der Waals surface area (Å²) in [5.74, 6) is 0.0551. The Balaban J connectivity index is 2.50. The Hall–Kier alpha value is -1.56. The zero-order valence-electron chi connectivity index (χ0n) is 9.54. The van der Waals surface area contributed by atoms with Gasteiger partial charge in [0.1, 0.15) is 5.75 Å². The average Bonchev–Trinajstić information content (AvgIpc) is 2.27. The van der Waals surface area contributed by atoms with Crippen LogP contribution in [-0.2, 0) is 4.79 Å². The normalized spacial score (nSPS) is 9.59. The maximum absolute atomic E-state index is 11.3. The number of benzene rings is 1. The first-order chi connectivity index (χ1) is 8.02. The Morgan fingerprint density at radius 1 is 1.41 bits per heavy atom. The van der Waals surface area contributed by atoms with Gasteiger partial charge in [-0.25, -0.2) is 4.79 Å². The lowest BCUT2D eigenvalue weighted by Gasteiger charge is -2.08. The van der Waals surface area contributed by atoms with Crippen molar-refractivity contribution in [3.8, 4) is 5.75 Å². The van der Waals surface area contributed by atoms with E-state index in [0.717, 1.165) is 10.0 Å². The fourth-order valence-corrected chi connectivity index (χ4v) is 1.70. The second-order valence-corrected chi connectivity index (χ2v) is 4.20. The number of halogens is 1. The van der Waals surface area contributed by atoms with E-state index in [1.807, 2.05) is 19.1 Å². The summed E-state index contributed by atoms with van der Waals surface area (Å²) in [5.41, 5.74) is 1.08. The largest absolute Gasteiger partial charge is 0.483 e. The van der Waals surface area contributed by atoms with Crippen LogP contribution in [0.2, 0.25) is 0 Å². The molecule has 0 atom stereocenters. The molecule has 0 aliphatic heterocycles. The van der Waals surface area contributed by atoms with E-state index >= 15 is 0 Å². The van der Waals surface area contributed by atoms with Gasteiger partial charge in [-0.1, -0.05) is 6.07 Å². The van der Waals surface area contributed by atoms with Gasteiger partial charge in [0.05, 0.1) is 4.47 Å². The Morgan fingerprint density at radius 3 is 2.71 bits per heavy atom. The summed E-state index contributed by atoms with van der Waals surface area (Å²) < 4.78 is 6.03. The Kier molecular flexibility index (Phi) is 4.96. The van der Waals surface area contributed by atoms with Gasteiger partial charge in [-0.05, 0) is 40.5 Å². The third kappa shape index (κ3) is 4.44. The molecule has 17 heavy (non-hydrogen) atoms. The molecule has 92 valence electrons.